The molecule has 0 aliphatic carbocycles. The molecular weight excluding hydrogens is 356 g/mol. The van der Waals surface area contributed by atoms with Gasteiger partial charge in [0.1, 0.15) is 5.01 Å². The van der Waals surface area contributed by atoms with E-state index in [1.165, 1.54) is 11.3 Å². The van der Waals surface area contributed by atoms with Crippen molar-refractivity contribution in [1.29, 1.82) is 0 Å². The van der Waals surface area contributed by atoms with E-state index in [1.54, 1.807) is 0 Å². The molecule has 0 radical (unpaired) electrons. The Hall–Kier alpha value is -1.78. The number of aromatic nitrogens is 2. The van der Waals surface area contributed by atoms with Crippen LogP contribution in [0.5, 0.6) is 0 Å². The van der Waals surface area contributed by atoms with E-state index in [0.29, 0.717) is 57.5 Å². The van der Waals surface area contributed by atoms with Crippen molar-refractivity contribution in [1.82, 2.24) is 25.7 Å². The fourth-order valence-corrected chi connectivity index (χ4v) is 3.99. The van der Waals surface area contributed by atoms with E-state index in [1.807, 2.05) is 4.90 Å². The van der Waals surface area contributed by atoms with Gasteiger partial charge in [-0.25, -0.2) is 0 Å². The molecule has 0 spiro atoms. The number of hydrogen-bond acceptors (Lipinski definition) is 8. The smallest absolute Gasteiger partial charge is 0.227 e. The molecule has 1 aromatic heterocycles. The monoisotopic (exact) mass is 382 g/mol. The maximum Gasteiger partial charge on any atom is 0.227 e. The Labute approximate surface area is 156 Å². The SMILES string of the molecule is Nc1nnc(CCCNC(=O)[C@@H]2CNC[C@@H](C(=O)N3CCOCC3)C2)s1. The first kappa shape index (κ1) is 19.0. The number of aryl methyl sites for hydroxylation is 1. The van der Waals surface area contributed by atoms with Crippen LogP contribution in [0.2, 0.25) is 0 Å². The van der Waals surface area contributed by atoms with E-state index in [0.717, 1.165) is 17.8 Å². The summed E-state index contributed by atoms with van der Waals surface area (Å²) in [5, 5.41) is 15.3. The van der Waals surface area contributed by atoms with Crippen LogP contribution < -0.4 is 16.4 Å². The van der Waals surface area contributed by atoms with Gasteiger partial charge in [-0.15, -0.1) is 10.2 Å². The third kappa shape index (κ3) is 5.12. The minimum absolute atomic E-state index is 0.00811. The summed E-state index contributed by atoms with van der Waals surface area (Å²) in [6.45, 7) is 4.30. The highest BCUT2D eigenvalue weighted by Gasteiger charge is 2.33. The van der Waals surface area contributed by atoms with Gasteiger partial charge >= 0.3 is 0 Å². The third-order valence-electron chi connectivity index (χ3n) is 4.74. The summed E-state index contributed by atoms with van der Waals surface area (Å²) in [5.74, 6) is -0.168. The number of morpholine rings is 1. The molecule has 0 saturated carbocycles. The zero-order valence-electron chi connectivity index (χ0n) is 14.8. The van der Waals surface area contributed by atoms with E-state index < -0.39 is 0 Å². The lowest BCUT2D eigenvalue weighted by molar-refractivity contribution is -0.141. The van der Waals surface area contributed by atoms with Gasteiger partial charge in [-0.3, -0.25) is 9.59 Å². The van der Waals surface area contributed by atoms with Crippen molar-refractivity contribution < 1.29 is 14.3 Å². The predicted molar refractivity (Wildman–Crippen MR) is 97.5 cm³/mol. The maximum atomic E-state index is 12.6. The highest BCUT2D eigenvalue weighted by atomic mass is 32.1. The summed E-state index contributed by atoms with van der Waals surface area (Å²) in [4.78, 5) is 26.9. The molecule has 0 aromatic carbocycles. The van der Waals surface area contributed by atoms with E-state index in [-0.39, 0.29) is 23.7 Å². The van der Waals surface area contributed by atoms with Gasteiger partial charge in [0.2, 0.25) is 16.9 Å². The van der Waals surface area contributed by atoms with E-state index >= 15 is 0 Å². The minimum atomic E-state index is -0.170. The number of anilines is 1. The summed E-state index contributed by atoms with van der Waals surface area (Å²) in [5.41, 5.74) is 5.55. The average Bonchev–Trinajstić information content (AvgIpc) is 3.10. The lowest BCUT2D eigenvalue weighted by Crippen LogP contribution is -2.51. The summed E-state index contributed by atoms with van der Waals surface area (Å²) in [7, 11) is 0. The molecule has 3 rings (SSSR count). The fraction of sp³-hybridized carbons (Fsp3) is 0.750. The molecule has 4 N–H and O–H groups in total. The second-order valence-electron chi connectivity index (χ2n) is 6.65. The molecule has 0 unspecified atom stereocenters. The minimum Gasteiger partial charge on any atom is -0.378 e. The predicted octanol–water partition coefficient (Wildman–Crippen LogP) is -0.746. The molecule has 3 heterocycles. The molecule has 10 heteroatoms. The van der Waals surface area contributed by atoms with Gasteiger partial charge in [-0.2, -0.15) is 0 Å². The number of ether oxygens (including phenoxy) is 1. The standard InChI is InChI=1S/C16H26N6O3S/c17-16-21-20-13(26-16)2-1-3-19-14(23)11-8-12(10-18-9-11)15(24)22-4-6-25-7-5-22/h11-12,18H,1-10H2,(H2,17,21)(H,19,23)/t11-,12-/m0/s1. The van der Waals surface area contributed by atoms with Crippen molar-refractivity contribution >= 4 is 28.3 Å². The molecule has 2 aliphatic heterocycles. The summed E-state index contributed by atoms with van der Waals surface area (Å²) < 4.78 is 5.30. The average molecular weight is 382 g/mol. The Morgan fingerprint density at radius 2 is 2.04 bits per heavy atom. The number of nitrogens with zero attached hydrogens (tertiary/aromatic N) is 3. The van der Waals surface area contributed by atoms with Crippen LogP contribution in [0.3, 0.4) is 0 Å². The Balaban J connectivity index is 1.40. The topological polar surface area (TPSA) is 122 Å². The lowest BCUT2D eigenvalue weighted by Gasteiger charge is -2.34. The number of hydrogen-bond donors (Lipinski definition) is 3. The van der Waals surface area contributed by atoms with Crippen LogP contribution in [0.15, 0.2) is 0 Å². The molecule has 2 aliphatic rings. The summed E-state index contributed by atoms with van der Waals surface area (Å²) in [6.07, 6.45) is 2.13. The van der Waals surface area contributed by atoms with E-state index in [2.05, 4.69) is 20.8 Å². The van der Waals surface area contributed by atoms with Gasteiger partial charge in [0.15, 0.2) is 0 Å². The van der Waals surface area contributed by atoms with Crippen molar-refractivity contribution in [3.05, 3.63) is 5.01 Å². The number of carbonyl (C=O) groups excluding carboxylic acids is 2. The van der Waals surface area contributed by atoms with Gasteiger partial charge in [-0.1, -0.05) is 11.3 Å². The van der Waals surface area contributed by atoms with Crippen molar-refractivity contribution in [3.8, 4) is 0 Å². The molecule has 26 heavy (non-hydrogen) atoms. The van der Waals surface area contributed by atoms with Crippen LogP contribution in [0.25, 0.3) is 0 Å². The van der Waals surface area contributed by atoms with Gasteiger partial charge in [0, 0.05) is 39.1 Å². The largest absolute Gasteiger partial charge is 0.378 e. The Bertz CT molecular complexity index is 619. The first-order valence-electron chi connectivity index (χ1n) is 9.06. The third-order valence-corrected chi connectivity index (χ3v) is 5.55. The number of carbonyl (C=O) groups is 2. The van der Waals surface area contributed by atoms with Gasteiger partial charge in [-0.05, 0) is 12.8 Å². The van der Waals surface area contributed by atoms with Gasteiger partial charge < -0.3 is 26.0 Å². The number of nitrogens with one attached hydrogen (secondary N) is 2. The Kier molecular flexibility index (Phi) is 6.75. The summed E-state index contributed by atoms with van der Waals surface area (Å²) >= 11 is 1.37. The number of nitrogen functional groups attached to an aromatic ring is 1. The van der Waals surface area contributed by atoms with Crippen molar-refractivity contribution in [2.24, 2.45) is 11.8 Å². The maximum absolute atomic E-state index is 12.6. The highest BCUT2D eigenvalue weighted by Crippen LogP contribution is 2.20. The molecule has 2 atom stereocenters. The van der Waals surface area contributed by atoms with Crippen LogP contribution in [-0.4, -0.2) is 72.8 Å². The second-order valence-corrected chi connectivity index (χ2v) is 7.75. The normalized spacial score (nSPS) is 23.6. The zero-order valence-corrected chi connectivity index (χ0v) is 15.6. The molecule has 2 fully saturated rings. The molecule has 2 saturated heterocycles. The second kappa shape index (κ2) is 9.24. The number of nitrogens with two attached hydrogens (primary N) is 1. The fourth-order valence-electron chi connectivity index (χ4n) is 3.33. The zero-order chi connectivity index (χ0) is 18.4. The first-order chi connectivity index (χ1) is 12.6. The van der Waals surface area contributed by atoms with Crippen molar-refractivity contribution in [2.75, 3.05) is 51.7 Å². The molecule has 9 nitrogen and oxygen atoms in total. The van der Waals surface area contributed by atoms with Crippen LogP contribution >= 0.6 is 11.3 Å². The molecule has 1 aromatic rings. The van der Waals surface area contributed by atoms with Crippen molar-refractivity contribution in [2.45, 2.75) is 19.3 Å². The summed E-state index contributed by atoms with van der Waals surface area (Å²) in [6, 6.07) is 0. The van der Waals surface area contributed by atoms with Crippen LogP contribution in [0, 0.1) is 11.8 Å². The van der Waals surface area contributed by atoms with Crippen LogP contribution in [-0.2, 0) is 20.7 Å². The van der Waals surface area contributed by atoms with Crippen LogP contribution in [0.1, 0.15) is 17.8 Å². The van der Waals surface area contributed by atoms with Crippen LogP contribution in [0.4, 0.5) is 5.13 Å². The number of rotatable bonds is 6. The van der Waals surface area contributed by atoms with E-state index in [9.17, 15) is 9.59 Å². The Morgan fingerprint density at radius 3 is 2.77 bits per heavy atom. The first-order valence-corrected chi connectivity index (χ1v) is 9.88. The molecule has 2 amide bonds. The highest BCUT2D eigenvalue weighted by molar-refractivity contribution is 7.15. The van der Waals surface area contributed by atoms with E-state index in [4.69, 9.17) is 10.5 Å². The van der Waals surface area contributed by atoms with Crippen molar-refractivity contribution in [3.63, 3.8) is 0 Å². The molecule has 144 valence electrons. The lowest BCUT2D eigenvalue weighted by atomic mass is 9.88. The molecular formula is C16H26N6O3S. The number of amides is 2. The molecule has 0 bridgehead atoms. The van der Waals surface area contributed by atoms with Gasteiger partial charge in [0.25, 0.3) is 0 Å². The van der Waals surface area contributed by atoms with Gasteiger partial charge in [0.05, 0.1) is 25.0 Å². The number of piperidine rings is 1. The Morgan fingerprint density at radius 1 is 1.27 bits per heavy atom. The quantitative estimate of drug-likeness (QED) is 0.554.